The Morgan fingerprint density at radius 1 is 1.39 bits per heavy atom. The summed E-state index contributed by atoms with van der Waals surface area (Å²) in [7, 11) is 0. The number of nitrogens with zero attached hydrogens (tertiary/aromatic N) is 1. The summed E-state index contributed by atoms with van der Waals surface area (Å²) in [5.74, 6) is -0.503. The zero-order valence-corrected chi connectivity index (χ0v) is 15.3. The van der Waals surface area contributed by atoms with Crippen molar-refractivity contribution in [1.29, 1.82) is 0 Å². The Kier molecular flexibility index (Phi) is 7.61. The fraction of sp³-hybridized carbons (Fsp3) is 0.467. The predicted octanol–water partition coefficient (Wildman–Crippen LogP) is 2.35. The van der Waals surface area contributed by atoms with Crippen LogP contribution in [0.3, 0.4) is 0 Å². The second-order valence-corrected chi connectivity index (χ2v) is 6.17. The molecule has 1 saturated heterocycles. The molecule has 0 aliphatic carbocycles. The molecular formula is C15H20Cl3N3O2. The molecular weight excluding hydrogens is 361 g/mol. The number of hydrogen-bond acceptors (Lipinski definition) is 3. The van der Waals surface area contributed by atoms with Crippen molar-refractivity contribution in [3.63, 3.8) is 0 Å². The Hall–Kier alpha value is -1.01. The Balaban J connectivity index is 0.00000264. The second kappa shape index (κ2) is 8.73. The highest BCUT2D eigenvalue weighted by molar-refractivity contribution is 6.43. The summed E-state index contributed by atoms with van der Waals surface area (Å²) in [5, 5.41) is 6.41. The zero-order chi connectivity index (χ0) is 16.3. The van der Waals surface area contributed by atoms with Crippen molar-refractivity contribution in [2.75, 3.05) is 19.6 Å². The maximum absolute atomic E-state index is 12.5. The fourth-order valence-electron chi connectivity index (χ4n) is 2.43. The van der Waals surface area contributed by atoms with E-state index in [-0.39, 0.29) is 34.9 Å². The van der Waals surface area contributed by atoms with Crippen LogP contribution in [0.2, 0.25) is 10.0 Å². The number of nitrogens with one attached hydrogen (secondary N) is 2. The summed E-state index contributed by atoms with van der Waals surface area (Å²) in [6.45, 7) is 5.81. The number of hydrogen-bond donors (Lipinski definition) is 2. The molecule has 8 heteroatoms. The van der Waals surface area contributed by atoms with E-state index in [4.69, 9.17) is 23.2 Å². The molecule has 2 N–H and O–H groups in total. The highest BCUT2D eigenvalue weighted by Crippen LogP contribution is 2.25. The van der Waals surface area contributed by atoms with Crippen LogP contribution in [-0.4, -0.2) is 48.4 Å². The number of amides is 2. The number of benzene rings is 1. The lowest BCUT2D eigenvalue weighted by molar-refractivity contribution is -0.135. The van der Waals surface area contributed by atoms with Crippen molar-refractivity contribution < 1.29 is 9.59 Å². The Labute approximate surface area is 152 Å². The Bertz CT molecular complexity index is 583. The normalized spacial score (nSPS) is 18.8. The number of halogens is 3. The summed E-state index contributed by atoms with van der Waals surface area (Å²) in [5.41, 5.74) is 0.266. The van der Waals surface area contributed by atoms with Crippen LogP contribution in [-0.2, 0) is 4.79 Å². The highest BCUT2D eigenvalue weighted by Gasteiger charge is 2.28. The molecule has 2 atom stereocenters. The van der Waals surface area contributed by atoms with Crippen molar-refractivity contribution in [1.82, 2.24) is 15.5 Å². The van der Waals surface area contributed by atoms with Gasteiger partial charge in [-0.05, 0) is 26.0 Å². The molecule has 23 heavy (non-hydrogen) atoms. The summed E-state index contributed by atoms with van der Waals surface area (Å²) >= 11 is 11.9. The third kappa shape index (κ3) is 4.73. The minimum Gasteiger partial charge on any atom is -0.340 e. The van der Waals surface area contributed by atoms with E-state index >= 15 is 0 Å². The topological polar surface area (TPSA) is 61.4 Å². The van der Waals surface area contributed by atoms with Gasteiger partial charge in [-0.1, -0.05) is 29.3 Å². The molecule has 1 aliphatic rings. The van der Waals surface area contributed by atoms with Gasteiger partial charge >= 0.3 is 0 Å². The van der Waals surface area contributed by atoms with Crippen LogP contribution in [0.15, 0.2) is 18.2 Å². The van der Waals surface area contributed by atoms with Crippen LogP contribution in [0.1, 0.15) is 24.2 Å². The molecule has 128 valence electrons. The largest absolute Gasteiger partial charge is 0.340 e. The lowest BCUT2D eigenvalue weighted by Gasteiger charge is -2.35. The second-order valence-electron chi connectivity index (χ2n) is 5.38. The van der Waals surface area contributed by atoms with Crippen LogP contribution >= 0.6 is 35.6 Å². The first-order valence-electron chi connectivity index (χ1n) is 7.18. The van der Waals surface area contributed by atoms with Gasteiger partial charge in [-0.15, -0.1) is 12.4 Å². The first-order chi connectivity index (χ1) is 10.4. The molecule has 2 amide bonds. The van der Waals surface area contributed by atoms with Gasteiger partial charge in [0.25, 0.3) is 5.91 Å². The third-order valence-corrected chi connectivity index (χ3v) is 4.52. The van der Waals surface area contributed by atoms with E-state index in [1.165, 1.54) is 0 Å². The third-order valence-electron chi connectivity index (χ3n) is 3.70. The molecule has 0 bridgehead atoms. The van der Waals surface area contributed by atoms with Crippen molar-refractivity contribution in [3.05, 3.63) is 33.8 Å². The van der Waals surface area contributed by atoms with Gasteiger partial charge < -0.3 is 15.5 Å². The number of carbonyl (C=O) groups is 2. The van der Waals surface area contributed by atoms with E-state index in [0.29, 0.717) is 11.6 Å². The SMILES string of the molecule is CC(NC(=O)c1cccc(Cl)c1Cl)C(=O)N1CCNC[C@H]1C.Cl. The van der Waals surface area contributed by atoms with Crippen molar-refractivity contribution in [2.45, 2.75) is 25.9 Å². The predicted molar refractivity (Wildman–Crippen MR) is 94.7 cm³/mol. The van der Waals surface area contributed by atoms with Gasteiger partial charge in [-0.25, -0.2) is 0 Å². The van der Waals surface area contributed by atoms with Gasteiger partial charge in [-0.3, -0.25) is 9.59 Å². The summed E-state index contributed by atoms with van der Waals surface area (Å²) < 4.78 is 0. The minimum atomic E-state index is -0.622. The fourth-order valence-corrected chi connectivity index (χ4v) is 2.82. The highest BCUT2D eigenvalue weighted by atomic mass is 35.5. The number of carbonyl (C=O) groups excluding carboxylic acids is 2. The maximum atomic E-state index is 12.5. The summed E-state index contributed by atoms with van der Waals surface area (Å²) in [6, 6.07) is 4.32. The van der Waals surface area contributed by atoms with Crippen molar-refractivity contribution in [3.8, 4) is 0 Å². The minimum absolute atomic E-state index is 0. The lowest BCUT2D eigenvalue weighted by Crippen LogP contribution is -2.57. The monoisotopic (exact) mass is 379 g/mol. The van der Waals surface area contributed by atoms with Gasteiger partial charge in [0.05, 0.1) is 15.6 Å². The van der Waals surface area contributed by atoms with Crippen LogP contribution < -0.4 is 10.6 Å². The quantitative estimate of drug-likeness (QED) is 0.846. The first kappa shape index (κ1) is 20.0. The van der Waals surface area contributed by atoms with Gasteiger partial charge in [0.15, 0.2) is 0 Å². The van der Waals surface area contributed by atoms with E-state index < -0.39 is 11.9 Å². The van der Waals surface area contributed by atoms with Crippen LogP contribution in [0.4, 0.5) is 0 Å². The Morgan fingerprint density at radius 2 is 2.09 bits per heavy atom. The van der Waals surface area contributed by atoms with Crippen molar-refractivity contribution >= 4 is 47.4 Å². The van der Waals surface area contributed by atoms with E-state index in [0.717, 1.165) is 13.1 Å². The van der Waals surface area contributed by atoms with E-state index in [2.05, 4.69) is 10.6 Å². The first-order valence-corrected chi connectivity index (χ1v) is 7.93. The van der Waals surface area contributed by atoms with E-state index in [1.807, 2.05) is 6.92 Å². The standard InChI is InChI=1S/C15H19Cl2N3O2.ClH/c1-9-8-18-6-7-20(9)15(22)10(2)19-14(21)11-4-3-5-12(16)13(11)17;/h3-5,9-10,18H,6-8H2,1-2H3,(H,19,21);1H/t9-,10?;/m1./s1. The molecule has 0 radical (unpaired) electrons. The van der Waals surface area contributed by atoms with E-state index in [9.17, 15) is 9.59 Å². The van der Waals surface area contributed by atoms with Crippen molar-refractivity contribution in [2.24, 2.45) is 0 Å². The smallest absolute Gasteiger partial charge is 0.253 e. The molecule has 1 aromatic rings. The molecule has 1 heterocycles. The molecule has 5 nitrogen and oxygen atoms in total. The van der Waals surface area contributed by atoms with E-state index in [1.54, 1.807) is 30.0 Å². The van der Waals surface area contributed by atoms with Crippen LogP contribution in [0.25, 0.3) is 0 Å². The van der Waals surface area contributed by atoms with Crippen LogP contribution in [0.5, 0.6) is 0 Å². The Morgan fingerprint density at radius 3 is 2.74 bits per heavy atom. The average molecular weight is 381 g/mol. The average Bonchev–Trinajstić information content (AvgIpc) is 2.49. The molecule has 0 aromatic heterocycles. The summed E-state index contributed by atoms with van der Waals surface area (Å²) in [4.78, 5) is 26.5. The van der Waals surface area contributed by atoms with Gasteiger partial charge in [0, 0.05) is 25.7 Å². The van der Waals surface area contributed by atoms with Gasteiger partial charge in [-0.2, -0.15) is 0 Å². The molecule has 1 unspecified atom stereocenters. The number of piperazine rings is 1. The lowest BCUT2D eigenvalue weighted by atomic mass is 10.1. The molecule has 1 aromatic carbocycles. The molecule has 1 fully saturated rings. The van der Waals surface area contributed by atoms with Crippen LogP contribution in [0, 0.1) is 0 Å². The number of rotatable bonds is 3. The zero-order valence-electron chi connectivity index (χ0n) is 12.9. The van der Waals surface area contributed by atoms with Gasteiger partial charge in [0.2, 0.25) is 5.91 Å². The molecule has 0 saturated carbocycles. The molecule has 1 aliphatic heterocycles. The summed E-state index contributed by atoms with van der Waals surface area (Å²) in [6.07, 6.45) is 0. The molecule has 0 spiro atoms. The molecule has 2 rings (SSSR count). The van der Waals surface area contributed by atoms with Gasteiger partial charge in [0.1, 0.15) is 6.04 Å². The maximum Gasteiger partial charge on any atom is 0.253 e.